The lowest BCUT2D eigenvalue weighted by atomic mass is 10.1. The van der Waals surface area contributed by atoms with Gasteiger partial charge in [0.25, 0.3) is 5.91 Å². The summed E-state index contributed by atoms with van der Waals surface area (Å²) >= 11 is 13.6. The number of hydrogen-bond donors (Lipinski definition) is 0. The molecule has 0 aliphatic heterocycles. The van der Waals surface area contributed by atoms with Crippen LogP contribution in [0, 0.1) is 0 Å². The van der Waals surface area contributed by atoms with Gasteiger partial charge in [-0.1, -0.05) is 29.3 Å². The van der Waals surface area contributed by atoms with Gasteiger partial charge in [0, 0.05) is 27.7 Å². The molecule has 0 aliphatic rings. The van der Waals surface area contributed by atoms with Crippen molar-refractivity contribution < 1.29 is 19.0 Å². The molecule has 0 fully saturated rings. The van der Waals surface area contributed by atoms with Crippen LogP contribution in [0.3, 0.4) is 0 Å². The van der Waals surface area contributed by atoms with E-state index in [1.807, 2.05) is 22.2 Å². The lowest BCUT2D eigenvalue weighted by Gasteiger charge is -2.12. The SMILES string of the molecule is COc1cc(C=CC(=O)N=c2sccn2Cc2ccc(Cl)cc2Cl)cc(OC)c1OC. The first-order valence-electron chi connectivity index (χ1n) is 9.09. The predicted molar refractivity (Wildman–Crippen MR) is 124 cm³/mol. The first-order chi connectivity index (χ1) is 14.9. The number of hydrogen-bond acceptors (Lipinski definition) is 5. The summed E-state index contributed by atoms with van der Waals surface area (Å²) in [6, 6.07) is 8.81. The van der Waals surface area contributed by atoms with Gasteiger partial charge in [-0.2, -0.15) is 4.99 Å². The van der Waals surface area contributed by atoms with Gasteiger partial charge in [-0.3, -0.25) is 4.79 Å². The molecule has 2 aromatic carbocycles. The van der Waals surface area contributed by atoms with Gasteiger partial charge in [0.2, 0.25) is 5.75 Å². The minimum Gasteiger partial charge on any atom is -0.493 e. The van der Waals surface area contributed by atoms with Crippen molar-refractivity contribution in [3.05, 3.63) is 74.0 Å². The molecule has 3 aromatic rings. The summed E-state index contributed by atoms with van der Waals surface area (Å²) in [5, 5.41) is 2.99. The summed E-state index contributed by atoms with van der Waals surface area (Å²) in [5.41, 5.74) is 1.59. The molecular formula is C22H20Cl2N2O4S. The first kappa shape index (κ1) is 22.9. The van der Waals surface area contributed by atoms with E-state index >= 15 is 0 Å². The molecule has 6 nitrogen and oxygen atoms in total. The van der Waals surface area contributed by atoms with E-state index in [1.54, 1.807) is 30.3 Å². The van der Waals surface area contributed by atoms with Crippen LogP contribution >= 0.6 is 34.5 Å². The maximum atomic E-state index is 12.4. The Morgan fingerprint density at radius 3 is 2.42 bits per heavy atom. The van der Waals surface area contributed by atoms with E-state index in [4.69, 9.17) is 37.4 Å². The van der Waals surface area contributed by atoms with Crippen LogP contribution in [0.2, 0.25) is 10.0 Å². The predicted octanol–water partition coefficient (Wildman–Crippen LogP) is 5.07. The Balaban J connectivity index is 1.83. The number of methoxy groups -OCH3 is 3. The van der Waals surface area contributed by atoms with Gasteiger partial charge in [0.05, 0.1) is 27.9 Å². The van der Waals surface area contributed by atoms with Gasteiger partial charge in [-0.25, -0.2) is 0 Å². The number of thiazole rings is 1. The monoisotopic (exact) mass is 478 g/mol. The molecule has 1 amide bonds. The summed E-state index contributed by atoms with van der Waals surface area (Å²) in [5.74, 6) is 1.09. The summed E-state index contributed by atoms with van der Waals surface area (Å²) < 4.78 is 17.8. The highest BCUT2D eigenvalue weighted by molar-refractivity contribution is 7.07. The molecule has 3 rings (SSSR count). The molecule has 0 N–H and O–H groups in total. The van der Waals surface area contributed by atoms with Crippen LogP contribution in [0.25, 0.3) is 6.08 Å². The van der Waals surface area contributed by atoms with Crippen molar-refractivity contribution in [2.24, 2.45) is 4.99 Å². The lowest BCUT2D eigenvalue weighted by molar-refractivity contribution is -0.113. The minimum absolute atomic E-state index is 0.396. The fourth-order valence-corrected chi connectivity index (χ4v) is 4.04. The number of amides is 1. The molecule has 0 spiro atoms. The van der Waals surface area contributed by atoms with Crippen molar-refractivity contribution in [1.29, 1.82) is 0 Å². The number of rotatable bonds is 7. The Morgan fingerprint density at radius 1 is 1.10 bits per heavy atom. The fourth-order valence-electron chi connectivity index (χ4n) is 2.84. The van der Waals surface area contributed by atoms with Gasteiger partial charge in [0.1, 0.15) is 0 Å². The zero-order valence-corrected chi connectivity index (χ0v) is 19.4. The molecule has 162 valence electrons. The van der Waals surface area contributed by atoms with Gasteiger partial charge >= 0.3 is 0 Å². The van der Waals surface area contributed by atoms with Crippen LogP contribution in [0.5, 0.6) is 17.2 Å². The number of carbonyl (C=O) groups is 1. The zero-order chi connectivity index (χ0) is 22.4. The first-order valence-corrected chi connectivity index (χ1v) is 10.7. The van der Waals surface area contributed by atoms with Crippen molar-refractivity contribution >= 4 is 46.5 Å². The van der Waals surface area contributed by atoms with Gasteiger partial charge in [-0.15, -0.1) is 11.3 Å². The molecule has 0 radical (unpaired) electrons. The zero-order valence-electron chi connectivity index (χ0n) is 17.1. The maximum Gasteiger partial charge on any atom is 0.272 e. The third-order valence-corrected chi connectivity index (χ3v) is 5.71. The topological polar surface area (TPSA) is 62.0 Å². The van der Waals surface area contributed by atoms with Gasteiger partial charge in [0.15, 0.2) is 16.3 Å². The molecule has 1 aromatic heterocycles. The minimum atomic E-state index is -0.396. The Morgan fingerprint density at radius 2 is 1.81 bits per heavy atom. The quantitative estimate of drug-likeness (QED) is 0.444. The van der Waals surface area contributed by atoms with Crippen molar-refractivity contribution in [2.45, 2.75) is 6.54 Å². The maximum absolute atomic E-state index is 12.4. The molecule has 9 heteroatoms. The third kappa shape index (κ3) is 5.70. The molecule has 0 saturated carbocycles. The van der Waals surface area contributed by atoms with E-state index in [-0.39, 0.29) is 0 Å². The van der Waals surface area contributed by atoms with Gasteiger partial charge < -0.3 is 18.8 Å². The van der Waals surface area contributed by atoms with Crippen molar-refractivity contribution in [3.8, 4) is 17.2 Å². The lowest BCUT2D eigenvalue weighted by Crippen LogP contribution is -2.16. The van der Waals surface area contributed by atoms with Crippen LogP contribution in [-0.2, 0) is 11.3 Å². The molecule has 0 saturated heterocycles. The number of nitrogens with zero attached hydrogens (tertiary/aromatic N) is 2. The fraction of sp³-hybridized carbons (Fsp3) is 0.182. The highest BCUT2D eigenvalue weighted by Crippen LogP contribution is 2.38. The highest BCUT2D eigenvalue weighted by atomic mass is 35.5. The molecule has 0 atom stereocenters. The molecular weight excluding hydrogens is 459 g/mol. The highest BCUT2D eigenvalue weighted by Gasteiger charge is 2.12. The Hall–Kier alpha value is -2.74. The molecule has 0 unspecified atom stereocenters. The van der Waals surface area contributed by atoms with E-state index in [0.717, 1.165) is 5.56 Å². The second-order valence-electron chi connectivity index (χ2n) is 6.29. The molecule has 0 bridgehead atoms. The number of ether oxygens (including phenoxy) is 3. The Kier molecular flexibility index (Phi) is 7.79. The summed E-state index contributed by atoms with van der Waals surface area (Å²) in [6.45, 7) is 0.474. The normalized spacial score (nSPS) is 11.7. The summed E-state index contributed by atoms with van der Waals surface area (Å²) in [7, 11) is 4.60. The van der Waals surface area contributed by atoms with E-state index in [0.29, 0.717) is 44.2 Å². The number of halogens is 2. The number of carbonyl (C=O) groups excluding carboxylic acids is 1. The average molecular weight is 479 g/mol. The average Bonchev–Trinajstić information content (AvgIpc) is 3.19. The van der Waals surface area contributed by atoms with E-state index in [1.165, 1.54) is 38.7 Å². The van der Waals surface area contributed by atoms with Crippen molar-refractivity contribution in [1.82, 2.24) is 4.57 Å². The molecule has 0 aliphatic carbocycles. The van der Waals surface area contributed by atoms with Crippen LogP contribution in [0.1, 0.15) is 11.1 Å². The van der Waals surface area contributed by atoms with Crippen molar-refractivity contribution in [3.63, 3.8) is 0 Å². The second-order valence-corrected chi connectivity index (χ2v) is 8.01. The number of benzene rings is 2. The molecule has 31 heavy (non-hydrogen) atoms. The summed E-state index contributed by atoms with van der Waals surface area (Å²) in [4.78, 5) is 17.2. The van der Waals surface area contributed by atoms with Crippen LogP contribution in [-0.4, -0.2) is 31.8 Å². The van der Waals surface area contributed by atoms with E-state index in [2.05, 4.69) is 4.99 Å². The van der Waals surface area contributed by atoms with Crippen molar-refractivity contribution in [2.75, 3.05) is 21.3 Å². The standard InChI is InChI=1S/C22H20Cl2N2O4S/c1-28-18-10-14(11-19(29-2)21(18)30-3)4-7-20(27)25-22-26(8-9-31-22)13-15-5-6-16(23)12-17(15)24/h4-12H,13H2,1-3H3. The van der Waals surface area contributed by atoms with Crippen LogP contribution in [0.4, 0.5) is 0 Å². The third-order valence-electron chi connectivity index (χ3n) is 4.33. The summed E-state index contributed by atoms with van der Waals surface area (Å²) in [6.07, 6.45) is 4.88. The Labute approximate surface area is 193 Å². The second kappa shape index (κ2) is 10.5. The molecule has 1 heterocycles. The van der Waals surface area contributed by atoms with Crippen LogP contribution in [0.15, 0.2) is 53.0 Å². The Bertz CT molecular complexity index is 1160. The van der Waals surface area contributed by atoms with Crippen LogP contribution < -0.4 is 19.0 Å². The van der Waals surface area contributed by atoms with Gasteiger partial charge in [-0.05, 0) is 41.5 Å². The largest absolute Gasteiger partial charge is 0.493 e. The smallest absolute Gasteiger partial charge is 0.272 e. The number of aromatic nitrogens is 1. The van der Waals surface area contributed by atoms with E-state index < -0.39 is 5.91 Å². The van der Waals surface area contributed by atoms with E-state index in [9.17, 15) is 4.79 Å².